The maximum atomic E-state index is 5.33. The van der Waals surface area contributed by atoms with Crippen molar-refractivity contribution in [3.05, 3.63) is 64.2 Å². The maximum absolute atomic E-state index is 5.33. The molecule has 0 unspecified atom stereocenters. The lowest BCUT2D eigenvalue weighted by molar-refractivity contribution is 0.415. The third kappa shape index (κ3) is 3.55. The Balaban J connectivity index is 1.88. The Bertz CT molecular complexity index is 1090. The van der Waals surface area contributed by atoms with Crippen molar-refractivity contribution in [1.29, 1.82) is 0 Å². The van der Waals surface area contributed by atoms with E-state index in [-0.39, 0.29) is 0 Å². The van der Waals surface area contributed by atoms with Crippen LogP contribution >= 0.6 is 27.3 Å². The van der Waals surface area contributed by atoms with E-state index < -0.39 is 0 Å². The Labute approximate surface area is 170 Å². The molecule has 4 nitrogen and oxygen atoms in total. The van der Waals surface area contributed by atoms with Gasteiger partial charge in [0.15, 0.2) is 0 Å². The quantitative estimate of drug-likeness (QED) is 0.388. The largest absolute Gasteiger partial charge is 0.497 e. The van der Waals surface area contributed by atoms with Gasteiger partial charge in [-0.2, -0.15) is 0 Å². The molecule has 0 radical (unpaired) electrons. The van der Waals surface area contributed by atoms with E-state index in [1.807, 2.05) is 24.3 Å². The van der Waals surface area contributed by atoms with Gasteiger partial charge in [-0.25, -0.2) is 9.97 Å². The molecule has 4 aromatic rings. The summed E-state index contributed by atoms with van der Waals surface area (Å²) in [6.45, 7) is 2.18. The van der Waals surface area contributed by atoms with E-state index in [1.165, 1.54) is 16.0 Å². The van der Waals surface area contributed by atoms with Gasteiger partial charge in [-0.3, -0.25) is 0 Å². The van der Waals surface area contributed by atoms with Gasteiger partial charge in [0, 0.05) is 26.7 Å². The summed E-state index contributed by atoms with van der Waals surface area (Å²) in [5.74, 6) is 1.61. The lowest BCUT2D eigenvalue weighted by atomic mass is 10.0. The van der Waals surface area contributed by atoms with Gasteiger partial charge in [0.05, 0.1) is 12.5 Å². The Hall–Kier alpha value is -2.44. The molecule has 0 atom stereocenters. The van der Waals surface area contributed by atoms with Crippen molar-refractivity contribution in [3.8, 4) is 16.9 Å². The van der Waals surface area contributed by atoms with Crippen LogP contribution in [-0.4, -0.2) is 17.1 Å². The number of rotatable bonds is 5. The van der Waals surface area contributed by atoms with Crippen LogP contribution in [-0.2, 0) is 6.42 Å². The van der Waals surface area contributed by atoms with E-state index in [1.54, 1.807) is 24.8 Å². The summed E-state index contributed by atoms with van der Waals surface area (Å²) in [5, 5.41) is 4.51. The number of hydrogen-bond acceptors (Lipinski definition) is 5. The molecular formula is C21H18BrN3OS. The molecule has 2 aromatic carbocycles. The van der Waals surface area contributed by atoms with Crippen molar-refractivity contribution < 1.29 is 4.74 Å². The minimum Gasteiger partial charge on any atom is -0.497 e. The fourth-order valence-corrected chi connectivity index (χ4v) is 4.45. The molecule has 0 aliphatic heterocycles. The first-order chi connectivity index (χ1) is 13.2. The Morgan fingerprint density at radius 3 is 2.67 bits per heavy atom. The van der Waals surface area contributed by atoms with Gasteiger partial charge in [-0.1, -0.05) is 41.1 Å². The van der Waals surface area contributed by atoms with Crippen molar-refractivity contribution in [1.82, 2.24) is 9.97 Å². The van der Waals surface area contributed by atoms with E-state index in [0.717, 1.165) is 38.4 Å². The van der Waals surface area contributed by atoms with E-state index in [4.69, 9.17) is 4.74 Å². The number of ether oxygens (including phenoxy) is 1. The third-order valence-electron chi connectivity index (χ3n) is 4.35. The topological polar surface area (TPSA) is 47.0 Å². The molecule has 136 valence electrons. The van der Waals surface area contributed by atoms with Gasteiger partial charge in [-0.15, -0.1) is 11.3 Å². The molecule has 1 N–H and O–H groups in total. The van der Waals surface area contributed by atoms with Crippen LogP contribution in [0.1, 0.15) is 11.8 Å². The van der Waals surface area contributed by atoms with Crippen LogP contribution in [0.5, 0.6) is 5.75 Å². The van der Waals surface area contributed by atoms with Crippen molar-refractivity contribution in [2.75, 3.05) is 12.4 Å². The molecule has 0 bridgehead atoms. The minimum absolute atomic E-state index is 0.804. The SMILES string of the molecule is CCc1sc2ncnc(Nc3cccc(OC)c3)c2c1-c1ccc(Br)cc1. The molecule has 0 aliphatic rings. The lowest BCUT2D eigenvalue weighted by Gasteiger charge is -2.10. The van der Waals surface area contributed by atoms with Gasteiger partial charge in [0.1, 0.15) is 22.7 Å². The van der Waals surface area contributed by atoms with Crippen LogP contribution in [0, 0.1) is 0 Å². The van der Waals surface area contributed by atoms with Crippen LogP contribution in [0.15, 0.2) is 59.3 Å². The van der Waals surface area contributed by atoms with Gasteiger partial charge in [-0.05, 0) is 36.2 Å². The predicted molar refractivity (Wildman–Crippen MR) is 116 cm³/mol. The highest BCUT2D eigenvalue weighted by Crippen LogP contribution is 2.42. The highest BCUT2D eigenvalue weighted by Gasteiger charge is 2.18. The smallest absolute Gasteiger partial charge is 0.143 e. The maximum Gasteiger partial charge on any atom is 0.143 e. The molecule has 0 aliphatic carbocycles. The fourth-order valence-electron chi connectivity index (χ4n) is 3.08. The van der Waals surface area contributed by atoms with Crippen molar-refractivity contribution in [2.45, 2.75) is 13.3 Å². The van der Waals surface area contributed by atoms with Gasteiger partial charge < -0.3 is 10.1 Å². The molecule has 0 saturated heterocycles. The molecule has 0 fully saturated rings. The number of aromatic nitrogens is 2. The first-order valence-corrected chi connectivity index (χ1v) is 10.2. The third-order valence-corrected chi connectivity index (χ3v) is 6.12. The number of nitrogens with one attached hydrogen (secondary N) is 1. The number of benzene rings is 2. The normalized spacial score (nSPS) is 10.9. The average Bonchev–Trinajstić information content (AvgIpc) is 3.08. The van der Waals surface area contributed by atoms with E-state index in [2.05, 4.69) is 62.4 Å². The number of nitrogens with zero attached hydrogens (tertiary/aromatic N) is 2. The predicted octanol–water partition coefficient (Wildman–Crippen LogP) is 6.44. The highest BCUT2D eigenvalue weighted by molar-refractivity contribution is 9.10. The number of hydrogen-bond donors (Lipinski definition) is 1. The first-order valence-electron chi connectivity index (χ1n) is 8.63. The van der Waals surface area contributed by atoms with Gasteiger partial charge >= 0.3 is 0 Å². The summed E-state index contributed by atoms with van der Waals surface area (Å²) in [6.07, 6.45) is 2.57. The van der Waals surface area contributed by atoms with Crippen molar-refractivity contribution in [3.63, 3.8) is 0 Å². The highest BCUT2D eigenvalue weighted by atomic mass is 79.9. The Kier molecular flexibility index (Phi) is 5.09. The van der Waals surface area contributed by atoms with Crippen LogP contribution in [0.25, 0.3) is 21.3 Å². The summed E-state index contributed by atoms with van der Waals surface area (Å²) in [5.41, 5.74) is 3.31. The van der Waals surface area contributed by atoms with E-state index >= 15 is 0 Å². The molecule has 6 heteroatoms. The number of aryl methyl sites for hydroxylation is 1. The van der Waals surface area contributed by atoms with Crippen molar-refractivity contribution >= 4 is 49.0 Å². The average molecular weight is 440 g/mol. The second kappa shape index (κ2) is 7.66. The van der Waals surface area contributed by atoms with Gasteiger partial charge in [0.2, 0.25) is 0 Å². The monoisotopic (exact) mass is 439 g/mol. The summed E-state index contributed by atoms with van der Waals surface area (Å²) in [6, 6.07) is 16.2. The van der Waals surface area contributed by atoms with Crippen LogP contribution in [0.4, 0.5) is 11.5 Å². The van der Waals surface area contributed by atoms with Crippen molar-refractivity contribution in [2.24, 2.45) is 0 Å². The van der Waals surface area contributed by atoms with E-state index in [0.29, 0.717) is 0 Å². The number of halogens is 1. The molecule has 27 heavy (non-hydrogen) atoms. The number of fused-ring (bicyclic) bond motifs is 1. The Morgan fingerprint density at radius 1 is 1.11 bits per heavy atom. The van der Waals surface area contributed by atoms with Crippen LogP contribution in [0.3, 0.4) is 0 Å². The second-order valence-electron chi connectivity index (χ2n) is 6.02. The molecule has 0 amide bonds. The van der Waals surface area contributed by atoms with Gasteiger partial charge in [0.25, 0.3) is 0 Å². The molecule has 0 spiro atoms. The summed E-state index contributed by atoms with van der Waals surface area (Å²) in [7, 11) is 1.67. The minimum atomic E-state index is 0.804. The second-order valence-corrected chi connectivity index (χ2v) is 8.02. The molecule has 2 heterocycles. The number of methoxy groups -OCH3 is 1. The fraction of sp³-hybridized carbons (Fsp3) is 0.143. The lowest BCUT2D eigenvalue weighted by Crippen LogP contribution is -1.96. The molecule has 4 rings (SSSR count). The number of anilines is 2. The van der Waals surface area contributed by atoms with Crippen LogP contribution < -0.4 is 10.1 Å². The summed E-state index contributed by atoms with van der Waals surface area (Å²) in [4.78, 5) is 11.4. The van der Waals surface area contributed by atoms with E-state index in [9.17, 15) is 0 Å². The summed E-state index contributed by atoms with van der Waals surface area (Å²) < 4.78 is 6.40. The van der Waals surface area contributed by atoms with Crippen LogP contribution in [0.2, 0.25) is 0 Å². The molecule has 0 saturated carbocycles. The zero-order valence-corrected chi connectivity index (χ0v) is 17.4. The zero-order valence-electron chi connectivity index (χ0n) is 15.0. The standard InChI is InChI=1S/C21H18BrN3OS/c1-3-17-18(13-7-9-14(22)10-8-13)19-20(23-12-24-21(19)27-17)25-15-5-4-6-16(11-15)26-2/h4-12H,3H2,1-2H3,(H,23,24,25). The number of thiophene rings is 1. The molecule has 2 aromatic heterocycles. The molecular weight excluding hydrogens is 422 g/mol. The first kappa shape index (κ1) is 17.9. The summed E-state index contributed by atoms with van der Waals surface area (Å²) >= 11 is 5.25. The Morgan fingerprint density at radius 2 is 1.93 bits per heavy atom. The zero-order chi connectivity index (χ0) is 18.8.